The van der Waals surface area contributed by atoms with Gasteiger partial charge < -0.3 is 4.52 Å². The van der Waals surface area contributed by atoms with E-state index >= 15 is 0 Å². The summed E-state index contributed by atoms with van der Waals surface area (Å²) >= 11 is 6.09. The number of hydrogen-bond donors (Lipinski definition) is 1. The third kappa shape index (κ3) is 3.53. The minimum Gasteiger partial charge on any atom is -0.429 e. The Balaban J connectivity index is 2.04. The average Bonchev–Trinajstić information content (AvgIpc) is 2.56. The summed E-state index contributed by atoms with van der Waals surface area (Å²) in [6.45, 7) is 2.74. The van der Waals surface area contributed by atoms with Gasteiger partial charge in [-0.05, 0) is 30.2 Å². The Morgan fingerprint density at radius 3 is 2.70 bits per heavy atom. The fourth-order valence-electron chi connectivity index (χ4n) is 2.51. The molecule has 0 radical (unpaired) electrons. The average molecular weight is 348 g/mol. The van der Waals surface area contributed by atoms with E-state index in [4.69, 9.17) is 16.1 Å². The van der Waals surface area contributed by atoms with E-state index in [0.29, 0.717) is 22.6 Å². The van der Waals surface area contributed by atoms with Crippen molar-refractivity contribution in [3.05, 3.63) is 64.7 Å². The zero-order valence-electron chi connectivity index (χ0n) is 13.0. The van der Waals surface area contributed by atoms with Crippen LogP contribution in [-0.2, 0) is 9.09 Å². The summed E-state index contributed by atoms with van der Waals surface area (Å²) in [5.74, 6) is 0.618. The third-order valence-electron chi connectivity index (χ3n) is 3.73. The Hall–Kier alpha value is -1.54. The molecule has 0 amide bonds. The first kappa shape index (κ1) is 16.3. The van der Waals surface area contributed by atoms with Gasteiger partial charge in [-0.1, -0.05) is 61.3 Å². The predicted molar refractivity (Wildman–Crippen MR) is 97.0 cm³/mol. The highest BCUT2D eigenvalue weighted by Gasteiger charge is 2.34. The first-order valence-electron chi connectivity index (χ1n) is 7.74. The van der Waals surface area contributed by atoms with Gasteiger partial charge in [0.05, 0.1) is 5.30 Å². The summed E-state index contributed by atoms with van der Waals surface area (Å²) in [7, 11) is -3.18. The normalized spacial score (nSPS) is 19.7. The van der Waals surface area contributed by atoms with Gasteiger partial charge in [-0.15, -0.1) is 0 Å². The van der Waals surface area contributed by atoms with E-state index in [1.165, 1.54) is 0 Å². The molecule has 1 aliphatic rings. The summed E-state index contributed by atoms with van der Waals surface area (Å²) in [4.78, 5) is 0. The number of halogens is 1. The summed E-state index contributed by atoms with van der Waals surface area (Å²) in [6.07, 6.45) is 3.88. The standard InChI is InChI=1S/C18H19ClNO2P/c1-2-3-11-20-23(21)18-13-16(19)10-9-15(18)12-17(22-23)14-7-5-4-6-8-14/h4-10,12-13H,2-3,11H2,1H3,(H,20,21). The van der Waals surface area contributed by atoms with Gasteiger partial charge in [0.1, 0.15) is 5.76 Å². The maximum Gasteiger partial charge on any atom is 0.347 e. The molecule has 0 spiro atoms. The molecule has 120 valence electrons. The second kappa shape index (κ2) is 6.92. The van der Waals surface area contributed by atoms with Crippen LogP contribution in [0.2, 0.25) is 5.02 Å². The number of unbranched alkanes of at least 4 members (excludes halogenated alkanes) is 1. The molecule has 0 aliphatic carbocycles. The lowest BCUT2D eigenvalue weighted by Gasteiger charge is -2.28. The minimum absolute atomic E-state index is 0.557. The fourth-order valence-corrected chi connectivity index (χ4v) is 4.77. The Morgan fingerprint density at radius 1 is 1.17 bits per heavy atom. The molecule has 5 heteroatoms. The molecule has 0 saturated carbocycles. The van der Waals surface area contributed by atoms with E-state index in [0.717, 1.165) is 24.0 Å². The Morgan fingerprint density at radius 2 is 1.96 bits per heavy atom. The van der Waals surface area contributed by atoms with Gasteiger partial charge in [-0.25, -0.2) is 5.09 Å². The lowest BCUT2D eigenvalue weighted by atomic mass is 10.1. The van der Waals surface area contributed by atoms with Crippen LogP contribution in [-0.4, -0.2) is 6.54 Å². The van der Waals surface area contributed by atoms with Crippen molar-refractivity contribution in [2.24, 2.45) is 0 Å². The van der Waals surface area contributed by atoms with Crippen molar-refractivity contribution in [2.45, 2.75) is 19.8 Å². The number of nitrogens with one attached hydrogen (secondary N) is 1. The number of fused-ring (bicyclic) bond motifs is 1. The molecule has 1 N–H and O–H groups in total. The molecule has 1 aliphatic heterocycles. The summed E-state index contributed by atoms with van der Waals surface area (Å²) < 4.78 is 19.4. The highest BCUT2D eigenvalue weighted by atomic mass is 35.5. The van der Waals surface area contributed by atoms with Crippen LogP contribution in [0.15, 0.2) is 48.5 Å². The Labute approximate surface area is 141 Å². The van der Waals surface area contributed by atoms with Crippen LogP contribution in [0.25, 0.3) is 11.8 Å². The summed E-state index contributed by atoms with van der Waals surface area (Å²) in [5.41, 5.74) is 1.79. The lowest BCUT2D eigenvalue weighted by molar-refractivity contribution is 0.455. The number of hydrogen-bond acceptors (Lipinski definition) is 2. The molecule has 1 atom stereocenters. The maximum absolute atomic E-state index is 13.4. The summed E-state index contributed by atoms with van der Waals surface area (Å²) in [5, 5.41) is 4.31. The van der Waals surface area contributed by atoms with Gasteiger partial charge in [0.25, 0.3) is 0 Å². The smallest absolute Gasteiger partial charge is 0.347 e. The Kier molecular flexibility index (Phi) is 4.91. The van der Waals surface area contributed by atoms with Crippen LogP contribution in [0.3, 0.4) is 0 Å². The van der Waals surface area contributed by atoms with Crippen LogP contribution in [0, 0.1) is 0 Å². The molecular weight excluding hydrogens is 329 g/mol. The quantitative estimate of drug-likeness (QED) is 0.605. The molecule has 1 unspecified atom stereocenters. The predicted octanol–water partition coefficient (Wildman–Crippen LogP) is 5.08. The van der Waals surface area contributed by atoms with E-state index in [9.17, 15) is 4.57 Å². The van der Waals surface area contributed by atoms with E-state index in [1.54, 1.807) is 12.1 Å². The zero-order valence-corrected chi connectivity index (χ0v) is 14.6. The van der Waals surface area contributed by atoms with Crippen LogP contribution in [0.5, 0.6) is 0 Å². The molecule has 3 rings (SSSR count). The molecule has 23 heavy (non-hydrogen) atoms. The number of benzene rings is 2. The highest BCUT2D eigenvalue weighted by molar-refractivity contribution is 7.65. The van der Waals surface area contributed by atoms with Crippen molar-refractivity contribution in [1.29, 1.82) is 0 Å². The minimum atomic E-state index is -3.18. The van der Waals surface area contributed by atoms with Crippen molar-refractivity contribution in [3.8, 4) is 0 Å². The van der Waals surface area contributed by atoms with E-state index in [1.807, 2.05) is 42.5 Å². The molecule has 2 aromatic rings. The third-order valence-corrected chi connectivity index (χ3v) is 6.08. The van der Waals surface area contributed by atoms with Gasteiger partial charge in [0, 0.05) is 17.1 Å². The fraction of sp³-hybridized carbons (Fsp3) is 0.222. The zero-order chi connectivity index (χ0) is 16.3. The molecule has 0 aromatic heterocycles. The molecule has 1 heterocycles. The molecule has 0 fully saturated rings. The van der Waals surface area contributed by atoms with Gasteiger partial charge in [-0.2, -0.15) is 0 Å². The Bertz CT molecular complexity index is 774. The van der Waals surface area contributed by atoms with Crippen LogP contribution in [0.4, 0.5) is 0 Å². The maximum atomic E-state index is 13.4. The second-order valence-electron chi connectivity index (χ2n) is 5.48. The van der Waals surface area contributed by atoms with Gasteiger partial charge in [0.15, 0.2) is 0 Å². The first-order chi connectivity index (χ1) is 11.1. The SMILES string of the molecule is CCCCNP1(=O)OC(c2ccccc2)=Cc2ccc(Cl)cc21. The van der Waals surface area contributed by atoms with Crippen LogP contribution >= 0.6 is 19.1 Å². The molecule has 0 saturated heterocycles. The van der Waals surface area contributed by atoms with Gasteiger partial charge in [0.2, 0.25) is 0 Å². The molecule has 2 aromatic carbocycles. The topological polar surface area (TPSA) is 38.3 Å². The molecule has 0 bridgehead atoms. The highest BCUT2D eigenvalue weighted by Crippen LogP contribution is 2.50. The molecule has 3 nitrogen and oxygen atoms in total. The van der Waals surface area contributed by atoms with Crippen LogP contribution < -0.4 is 10.4 Å². The molecular formula is C18H19ClNO2P. The number of rotatable bonds is 5. The van der Waals surface area contributed by atoms with Crippen molar-refractivity contribution < 1.29 is 9.09 Å². The summed E-state index contributed by atoms with van der Waals surface area (Å²) in [6, 6.07) is 15.1. The monoisotopic (exact) mass is 347 g/mol. The van der Waals surface area contributed by atoms with Crippen molar-refractivity contribution in [3.63, 3.8) is 0 Å². The lowest BCUT2D eigenvalue weighted by Crippen LogP contribution is -2.26. The van der Waals surface area contributed by atoms with Gasteiger partial charge in [-0.3, -0.25) is 4.57 Å². The second-order valence-corrected chi connectivity index (χ2v) is 8.00. The first-order valence-corrected chi connectivity index (χ1v) is 9.74. The van der Waals surface area contributed by atoms with Crippen molar-refractivity contribution in [2.75, 3.05) is 6.54 Å². The van der Waals surface area contributed by atoms with Crippen molar-refractivity contribution in [1.82, 2.24) is 5.09 Å². The van der Waals surface area contributed by atoms with E-state index in [-0.39, 0.29) is 0 Å². The van der Waals surface area contributed by atoms with E-state index < -0.39 is 7.52 Å². The van der Waals surface area contributed by atoms with E-state index in [2.05, 4.69) is 12.0 Å². The largest absolute Gasteiger partial charge is 0.429 e. The van der Waals surface area contributed by atoms with Gasteiger partial charge >= 0.3 is 7.52 Å². The van der Waals surface area contributed by atoms with Crippen molar-refractivity contribution >= 4 is 36.3 Å². The van der Waals surface area contributed by atoms with Crippen LogP contribution in [0.1, 0.15) is 30.9 Å².